The molecule has 0 radical (unpaired) electrons. The largest absolute Gasteiger partial charge is 0.311 e. The number of hydrogen-bond acceptors (Lipinski definition) is 3. The van der Waals surface area contributed by atoms with Crippen molar-refractivity contribution in [2.75, 3.05) is 0 Å². The Labute approximate surface area is 869 Å². The molecule has 0 saturated heterocycles. The van der Waals surface area contributed by atoms with E-state index in [0.29, 0.717) is 33.8 Å². The Kier molecular flexibility index (Phi) is 28.8. The summed E-state index contributed by atoms with van der Waals surface area (Å²) in [5, 5.41) is 52.6. The van der Waals surface area contributed by atoms with Gasteiger partial charge in [-0.15, -0.1) is 0 Å². The molecule has 0 bridgehead atoms. The fourth-order valence-corrected chi connectivity index (χ4v) is 37.0. The third-order valence-corrected chi connectivity index (χ3v) is 42.7. The number of nitriles is 3. The summed E-state index contributed by atoms with van der Waals surface area (Å²) in [6.45, 7) is 23.6. The van der Waals surface area contributed by atoms with Crippen LogP contribution in [0.5, 0.6) is 0 Å². The molecular weight excluding hydrogens is 1840 g/mol. The highest BCUT2D eigenvalue weighted by atomic mass is 28.3. The zero-order valence-electron chi connectivity index (χ0n) is 78.3. The predicted octanol–water partition coefficient (Wildman–Crippen LogP) is 27.3. The average Bonchev–Trinajstić information content (AvgIpc) is 0.904. The first kappa shape index (κ1) is 98.8. The summed E-state index contributed by atoms with van der Waals surface area (Å²) in [4.78, 5) is 11.5. The molecule has 0 amide bonds. The van der Waals surface area contributed by atoms with Crippen molar-refractivity contribution in [3.63, 3.8) is 0 Å². The van der Waals surface area contributed by atoms with Gasteiger partial charge in [0.15, 0.2) is 41.3 Å². The van der Waals surface area contributed by atoms with Gasteiger partial charge in [0.2, 0.25) is 0 Å². The van der Waals surface area contributed by atoms with Gasteiger partial charge in [0.05, 0.1) is 93.4 Å². The van der Waals surface area contributed by atoms with Gasteiger partial charge in [-0.25, -0.2) is 14.5 Å². The van der Waals surface area contributed by atoms with Crippen molar-refractivity contribution in [1.29, 1.82) is 15.8 Å². The van der Waals surface area contributed by atoms with Gasteiger partial charge in [-0.3, -0.25) is 0 Å². The average molecular weight is 1950 g/mol. The van der Waals surface area contributed by atoms with Crippen molar-refractivity contribution in [3.05, 3.63) is 579 Å². The van der Waals surface area contributed by atoms with Crippen LogP contribution < -0.4 is 62.2 Å². The minimum absolute atomic E-state index is 0. The molecule has 0 aliphatic rings. The van der Waals surface area contributed by atoms with E-state index in [4.69, 9.17) is 19.7 Å². The summed E-state index contributed by atoms with van der Waals surface area (Å²) >= 11 is 0. The summed E-state index contributed by atoms with van der Waals surface area (Å²) in [6, 6.07) is 192. The van der Waals surface area contributed by atoms with E-state index in [-0.39, 0.29) is 29.7 Å². The molecule has 704 valence electrons. The number of rotatable bonds is 18. The highest BCUT2D eigenvalue weighted by Gasteiger charge is 2.47. The van der Waals surface area contributed by atoms with Crippen LogP contribution in [0.3, 0.4) is 0 Å². The number of para-hydroxylation sites is 4. The summed E-state index contributed by atoms with van der Waals surface area (Å²) in [6.07, 6.45) is 0. The number of fused-ring (bicyclic) bond motifs is 9. The van der Waals surface area contributed by atoms with Crippen molar-refractivity contribution in [3.8, 4) is 68.7 Å². The highest BCUT2D eigenvalue weighted by Crippen LogP contribution is 2.43. The van der Waals surface area contributed by atoms with E-state index in [9.17, 15) is 15.8 Å². The van der Waals surface area contributed by atoms with Crippen molar-refractivity contribution in [1.82, 2.24) is 13.7 Å². The molecule has 0 unspecified atom stereocenters. The number of benzene rings is 21. The highest BCUT2D eigenvalue weighted by molar-refractivity contribution is 7.22. The maximum absolute atomic E-state index is 10.9. The molecule has 0 saturated carbocycles. The molecule has 12 heteroatoms. The van der Waals surface area contributed by atoms with Gasteiger partial charge in [0, 0.05) is 38.5 Å². The SMILES string of the molecule is C.C.C.C.N#Cc1ccc2c(c1)c1ccccc1n2-c1ccccc1-c1cccc(C#N)c1[Si](c1ccccc1)(c1ccccc1)c1ccccc1.[C-]#[N+]c1ccc2c(c1)c1ccccc1n2-c1ccc(-c2cccc([Si](c3ccccc3)(c3ccccc3)c3ccccc3)c2)c(C#N)c1.[C-]#[N+]c1ccc2c(c1)c1ccccc1n2-c1ccc(-c2ccccc2[Si](c2ccccc2)(c2ccccc2)c2ccccc2)c([N+]#[C-])c1. The lowest BCUT2D eigenvalue weighted by Crippen LogP contribution is -2.75. The molecule has 0 fully saturated rings. The minimum atomic E-state index is -3.09. The lowest BCUT2D eigenvalue weighted by Gasteiger charge is -2.37. The fraction of sp³-hybridized carbons (Fsp3) is 0.0294. The number of nitrogens with zero attached hydrogens (tertiary/aromatic N) is 9. The molecule has 148 heavy (non-hydrogen) atoms. The normalized spacial score (nSPS) is 11.0. The standard InChI is InChI=1S/3C44H29N3Si.4CH4/c1-45-32-26-29-43-40(30-32)38-22-12-14-24-42(38)47(43)33-27-28-37(41(31-33)46-2)39-23-13-15-25-44(39)48(34-16-6-3-7-17-34,35-18-8-4-9-19-35)36-20-10-5-11-21-36;1-46-34-24-27-44-42(30-34)41-22-11-12-23-43(41)47(44)35-25-26-40(33(28-35)31-45)32-14-13-21-39(29-32)48(36-15-5-2-6-16-36,37-17-7-3-8-18-37)38-19-9-4-10-20-38;45-30-32-27-28-43-40(29-32)38-23-11-13-26-42(38)47(43)41-25-12-10-22-37(41)39-24-14-15-33(31-46)44(39)48(34-16-4-1-5-17-34,35-18-6-2-7-19-35)36-20-8-3-9-21-36;;;;/h3-31H;2-30H;1-29H;4*1H4. The maximum Gasteiger partial charge on any atom is 0.196 e. The summed E-state index contributed by atoms with van der Waals surface area (Å²) in [7, 11) is -8.66. The van der Waals surface area contributed by atoms with Crippen LogP contribution in [-0.4, -0.2) is 37.9 Å². The lowest BCUT2D eigenvalue weighted by atomic mass is 9.99. The topological polar surface area (TPSA) is 99.2 Å². The van der Waals surface area contributed by atoms with Crippen molar-refractivity contribution in [2.24, 2.45) is 0 Å². The Balaban J connectivity index is 0.000000143. The minimum Gasteiger partial charge on any atom is -0.311 e. The first-order valence-electron chi connectivity index (χ1n) is 47.9. The van der Waals surface area contributed by atoms with Crippen LogP contribution in [0.15, 0.2) is 528 Å². The van der Waals surface area contributed by atoms with Gasteiger partial charge >= 0.3 is 0 Å². The lowest BCUT2D eigenvalue weighted by molar-refractivity contribution is 1.18. The van der Waals surface area contributed by atoms with Gasteiger partial charge in [-0.1, -0.05) is 460 Å². The second-order valence-electron chi connectivity index (χ2n) is 35.7. The molecular formula is C136H103N9Si3. The van der Waals surface area contributed by atoms with Gasteiger partial charge in [-0.05, 0) is 198 Å². The molecule has 3 heterocycles. The molecule has 0 spiro atoms. The van der Waals surface area contributed by atoms with Gasteiger partial charge in [0.25, 0.3) is 0 Å². The van der Waals surface area contributed by atoms with Crippen LogP contribution in [0.25, 0.3) is 130 Å². The van der Waals surface area contributed by atoms with Gasteiger partial charge in [-0.2, -0.15) is 15.8 Å². The Morgan fingerprint density at radius 2 is 0.547 bits per heavy atom. The predicted molar refractivity (Wildman–Crippen MR) is 629 cm³/mol. The second kappa shape index (κ2) is 43.2. The molecule has 3 aromatic heterocycles. The number of hydrogen-bond donors (Lipinski definition) is 0. The van der Waals surface area contributed by atoms with Gasteiger partial charge < -0.3 is 13.7 Å². The van der Waals surface area contributed by atoms with Crippen LogP contribution >= 0.6 is 0 Å². The molecule has 9 nitrogen and oxygen atoms in total. The summed E-state index contributed by atoms with van der Waals surface area (Å²) in [5.74, 6) is 0. The smallest absolute Gasteiger partial charge is 0.196 e. The van der Waals surface area contributed by atoms with E-state index in [1.54, 1.807) is 0 Å². The van der Waals surface area contributed by atoms with Crippen LogP contribution in [0.2, 0.25) is 0 Å². The van der Waals surface area contributed by atoms with Crippen molar-refractivity contribution >= 4 is 169 Å². The monoisotopic (exact) mass is 1950 g/mol. The Morgan fingerprint density at radius 1 is 0.209 bits per heavy atom. The second-order valence-corrected chi connectivity index (χ2v) is 47.0. The Hall–Kier alpha value is -19.4. The molecule has 0 aliphatic carbocycles. The molecule has 0 atom stereocenters. The van der Waals surface area contributed by atoms with Crippen LogP contribution in [-0.2, 0) is 0 Å². The first-order valence-corrected chi connectivity index (χ1v) is 53.9. The zero-order valence-corrected chi connectivity index (χ0v) is 81.3. The Morgan fingerprint density at radius 3 is 0.980 bits per heavy atom. The summed E-state index contributed by atoms with van der Waals surface area (Å²) in [5.41, 5.74) is 18.7. The molecule has 24 aromatic rings. The fourth-order valence-electron chi connectivity index (χ4n) is 22.1. The number of aromatic nitrogens is 3. The van der Waals surface area contributed by atoms with Crippen LogP contribution in [0.4, 0.5) is 17.1 Å². The third kappa shape index (κ3) is 17.2. The van der Waals surface area contributed by atoms with E-state index in [1.807, 2.05) is 109 Å². The third-order valence-electron chi connectivity index (χ3n) is 28.2. The maximum atomic E-state index is 10.9. The zero-order chi connectivity index (χ0) is 97.5. The van der Waals surface area contributed by atoms with Crippen molar-refractivity contribution in [2.45, 2.75) is 29.7 Å². The van der Waals surface area contributed by atoms with Gasteiger partial charge in [0.1, 0.15) is 0 Å². The van der Waals surface area contributed by atoms with E-state index < -0.39 is 24.2 Å². The molecule has 0 N–H and O–H groups in total. The van der Waals surface area contributed by atoms with E-state index in [1.165, 1.54) is 57.1 Å². The molecule has 21 aromatic carbocycles. The first-order chi connectivity index (χ1) is 71.2. The quantitative estimate of drug-likeness (QED) is 0.0486. The van der Waals surface area contributed by atoms with Crippen LogP contribution in [0, 0.1) is 53.7 Å². The molecule has 24 rings (SSSR count). The van der Waals surface area contributed by atoms with Crippen LogP contribution in [0.1, 0.15) is 46.4 Å². The summed E-state index contributed by atoms with van der Waals surface area (Å²) < 4.78 is 6.71. The van der Waals surface area contributed by atoms with E-state index in [0.717, 1.165) is 121 Å². The molecule has 0 aliphatic heterocycles. The Bertz CT molecular complexity index is 8980. The van der Waals surface area contributed by atoms with E-state index in [2.05, 4.69) is 465 Å². The van der Waals surface area contributed by atoms with Crippen molar-refractivity contribution < 1.29 is 0 Å². The van der Waals surface area contributed by atoms with E-state index >= 15 is 0 Å².